The van der Waals surface area contributed by atoms with Crippen molar-refractivity contribution in [3.8, 4) is 11.5 Å². The van der Waals surface area contributed by atoms with Crippen LogP contribution in [0, 0.1) is 0 Å². The molecule has 1 aliphatic rings. The number of rotatable bonds is 2. The predicted octanol–water partition coefficient (Wildman–Crippen LogP) is 2.89. The number of fused-ring (bicyclic) bond motifs is 2. The lowest BCUT2D eigenvalue weighted by molar-refractivity contribution is 0.473. The molecule has 0 unspecified atom stereocenters. The Morgan fingerprint density at radius 3 is 1.94 bits per heavy atom. The molecule has 0 amide bonds. The van der Waals surface area contributed by atoms with E-state index >= 15 is 0 Å². The van der Waals surface area contributed by atoms with Gasteiger partial charge < -0.3 is 15.4 Å². The lowest BCUT2D eigenvalue weighted by Gasteiger charge is -2.32. The van der Waals surface area contributed by atoms with Crippen molar-refractivity contribution < 1.29 is 4.74 Å². The van der Waals surface area contributed by atoms with Crippen molar-refractivity contribution in [2.24, 2.45) is 5.73 Å². The summed E-state index contributed by atoms with van der Waals surface area (Å²) in [6.45, 7) is 1.40. The van der Waals surface area contributed by atoms with E-state index in [4.69, 9.17) is 10.5 Å². The molecule has 3 rings (SSSR count). The van der Waals surface area contributed by atoms with Gasteiger partial charge in [0.1, 0.15) is 0 Å². The molecule has 2 N–H and O–H groups in total. The van der Waals surface area contributed by atoms with Crippen LogP contribution in [0.1, 0.15) is 0 Å². The summed E-state index contributed by atoms with van der Waals surface area (Å²) in [6, 6.07) is 16.1. The van der Waals surface area contributed by atoms with E-state index in [0.29, 0.717) is 6.54 Å². The highest BCUT2D eigenvalue weighted by Gasteiger charge is 2.22. The quantitative estimate of drug-likeness (QED) is 0.855. The summed E-state index contributed by atoms with van der Waals surface area (Å²) in [6.07, 6.45) is 0. The predicted molar refractivity (Wildman–Crippen MR) is 69.0 cm³/mol. The van der Waals surface area contributed by atoms with Gasteiger partial charge in [-0.25, -0.2) is 0 Å². The fraction of sp³-hybridized carbons (Fsp3) is 0.143. The van der Waals surface area contributed by atoms with Crippen LogP contribution >= 0.6 is 0 Å². The molecular formula is C14H14N2O. The molecule has 0 aromatic heterocycles. The fourth-order valence-corrected chi connectivity index (χ4v) is 2.15. The molecule has 17 heavy (non-hydrogen) atoms. The summed E-state index contributed by atoms with van der Waals surface area (Å²) in [7, 11) is 0. The minimum absolute atomic E-state index is 0.614. The standard InChI is InChI=1S/C14H14N2O/c15-9-10-16-11-5-1-3-7-13(11)17-14-8-4-2-6-12(14)16/h1-8H,9-10,15H2. The second-order valence-corrected chi connectivity index (χ2v) is 3.98. The Balaban J connectivity index is 2.13. The van der Waals surface area contributed by atoms with Gasteiger partial charge in [-0.1, -0.05) is 24.3 Å². The third-order valence-electron chi connectivity index (χ3n) is 2.88. The zero-order valence-electron chi connectivity index (χ0n) is 9.47. The Morgan fingerprint density at radius 1 is 0.882 bits per heavy atom. The summed E-state index contributed by atoms with van der Waals surface area (Å²) in [4.78, 5) is 2.20. The molecule has 1 aliphatic heterocycles. The lowest BCUT2D eigenvalue weighted by Crippen LogP contribution is -2.27. The van der Waals surface area contributed by atoms with Gasteiger partial charge in [-0.05, 0) is 24.3 Å². The van der Waals surface area contributed by atoms with Crippen molar-refractivity contribution in [3.63, 3.8) is 0 Å². The molecule has 3 heteroatoms. The summed E-state index contributed by atoms with van der Waals surface area (Å²) < 4.78 is 5.87. The van der Waals surface area contributed by atoms with Gasteiger partial charge in [0, 0.05) is 13.1 Å². The van der Waals surface area contributed by atoms with E-state index in [-0.39, 0.29) is 0 Å². The molecule has 0 fully saturated rings. The molecule has 2 aromatic carbocycles. The first-order valence-corrected chi connectivity index (χ1v) is 5.73. The fourth-order valence-electron chi connectivity index (χ4n) is 2.15. The Hall–Kier alpha value is -2.00. The minimum Gasteiger partial charge on any atom is -0.453 e. The maximum absolute atomic E-state index is 5.87. The molecule has 0 saturated heterocycles. The van der Waals surface area contributed by atoms with E-state index < -0.39 is 0 Å². The summed E-state index contributed by atoms with van der Waals surface area (Å²) in [5, 5.41) is 0. The third kappa shape index (κ3) is 1.65. The number of ether oxygens (including phenoxy) is 1. The molecule has 0 saturated carbocycles. The van der Waals surface area contributed by atoms with Crippen LogP contribution in [-0.2, 0) is 0 Å². The van der Waals surface area contributed by atoms with Gasteiger partial charge in [-0.3, -0.25) is 0 Å². The monoisotopic (exact) mass is 226 g/mol. The molecule has 0 bridgehead atoms. The summed E-state index contributed by atoms with van der Waals surface area (Å²) in [5.41, 5.74) is 7.85. The zero-order chi connectivity index (χ0) is 11.7. The van der Waals surface area contributed by atoms with Crippen molar-refractivity contribution in [1.29, 1.82) is 0 Å². The van der Waals surface area contributed by atoms with Crippen LogP contribution in [0.15, 0.2) is 48.5 Å². The summed E-state index contributed by atoms with van der Waals surface area (Å²) >= 11 is 0. The van der Waals surface area contributed by atoms with E-state index in [1.807, 2.05) is 36.4 Å². The normalized spacial score (nSPS) is 12.6. The first-order chi connectivity index (χ1) is 8.40. The molecule has 0 radical (unpaired) electrons. The van der Waals surface area contributed by atoms with Crippen molar-refractivity contribution in [1.82, 2.24) is 0 Å². The molecule has 0 aliphatic carbocycles. The maximum Gasteiger partial charge on any atom is 0.151 e. The first-order valence-electron chi connectivity index (χ1n) is 5.73. The van der Waals surface area contributed by atoms with Gasteiger partial charge >= 0.3 is 0 Å². The van der Waals surface area contributed by atoms with E-state index in [2.05, 4.69) is 17.0 Å². The first kappa shape index (κ1) is 10.2. The molecule has 0 spiro atoms. The molecule has 0 atom stereocenters. The van der Waals surface area contributed by atoms with E-state index in [1.54, 1.807) is 0 Å². The third-order valence-corrected chi connectivity index (χ3v) is 2.88. The SMILES string of the molecule is NCCN1c2ccccc2Oc2ccccc21. The Bertz CT molecular complexity index is 494. The lowest BCUT2D eigenvalue weighted by atomic mass is 10.1. The number of para-hydroxylation sites is 4. The van der Waals surface area contributed by atoms with E-state index in [0.717, 1.165) is 29.4 Å². The molecular weight excluding hydrogens is 212 g/mol. The van der Waals surface area contributed by atoms with Crippen LogP contribution in [-0.4, -0.2) is 13.1 Å². The summed E-state index contributed by atoms with van der Waals surface area (Å²) in [5.74, 6) is 1.78. The highest BCUT2D eigenvalue weighted by Crippen LogP contribution is 2.45. The zero-order valence-corrected chi connectivity index (χ0v) is 9.47. The van der Waals surface area contributed by atoms with Gasteiger partial charge in [0.05, 0.1) is 11.4 Å². The van der Waals surface area contributed by atoms with Crippen LogP contribution in [0.5, 0.6) is 11.5 Å². The topological polar surface area (TPSA) is 38.5 Å². The van der Waals surface area contributed by atoms with Crippen molar-refractivity contribution >= 4 is 11.4 Å². The number of nitrogens with two attached hydrogens (primary N) is 1. The highest BCUT2D eigenvalue weighted by atomic mass is 16.5. The molecule has 86 valence electrons. The largest absolute Gasteiger partial charge is 0.453 e. The average molecular weight is 226 g/mol. The number of hydrogen-bond acceptors (Lipinski definition) is 3. The van der Waals surface area contributed by atoms with Crippen LogP contribution in [0.2, 0.25) is 0 Å². The molecule has 2 aromatic rings. The Kier molecular flexibility index (Phi) is 2.46. The van der Waals surface area contributed by atoms with Gasteiger partial charge in [-0.2, -0.15) is 0 Å². The average Bonchev–Trinajstić information content (AvgIpc) is 2.39. The molecule has 1 heterocycles. The van der Waals surface area contributed by atoms with Gasteiger partial charge in [-0.15, -0.1) is 0 Å². The maximum atomic E-state index is 5.87. The molecule has 3 nitrogen and oxygen atoms in total. The smallest absolute Gasteiger partial charge is 0.151 e. The second-order valence-electron chi connectivity index (χ2n) is 3.98. The van der Waals surface area contributed by atoms with Crippen LogP contribution in [0.4, 0.5) is 11.4 Å². The Labute approximate surface area is 100 Å². The van der Waals surface area contributed by atoms with Gasteiger partial charge in [0.25, 0.3) is 0 Å². The second kappa shape index (κ2) is 4.11. The van der Waals surface area contributed by atoms with E-state index in [1.165, 1.54) is 0 Å². The van der Waals surface area contributed by atoms with Gasteiger partial charge in [0.15, 0.2) is 11.5 Å². The van der Waals surface area contributed by atoms with E-state index in [9.17, 15) is 0 Å². The van der Waals surface area contributed by atoms with Crippen molar-refractivity contribution in [2.75, 3.05) is 18.0 Å². The minimum atomic E-state index is 0.614. The number of hydrogen-bond donors (Lipinski definition) is 1. The van der Waals surface area contributed by atoms with Crippen LogP contribution in [0.3, 0.4) is 0 Å². The van der Waals surface area contributed by atoms with Crippen LogP contribution in [0.25, 0.3) is 0 Å². The van der Waals surface area contributed by atoms with Gasteiger partial charge in [0.2, 0.25) is 0 Å². The number of nitrogens with zero attached hydrogens (tertiary/aromatic N) is 1. The number of benzene rings is 2. The Morgan fingerprint density at radius 2 is 1.41 bits per heavy atom. The van der Waals surface area contributed by atoms with Crippen molar-refractivity contribution in [2.45, 2.75) is 0 Å². The highest BCUT2D eigenvalue weighted by molar-refractivity contribution is 5.77. The van der Waals surface area contributed by atoms with Crippen molar-refractivity contribution in [3.05, 3.63) is 48.5 Å². The number of anilines is 2. The van der Waals surface area contributed by atoms with Crippen LogP contribution < -0.4 is 15.4 Å².